The number of nitrogens with one attached hydrogen (secondary N) is 2. The van der Waals surface area contributed by atoms with Crippen LogP contribution in [-0.2, 0) is 6.42 Å². The molecule has 27 heavy (non-hydrogen) atoms. The maximum absolute atomic E-state index is 12.4. The lowest BCUT2D eigenvalue weighted by Gasteiger charge is -2.13. The van der Waals surface area contributed by atoms with Crippen LogP contribution in [0, 0.1) is 18.3 Å². The summed E-state index contributed by atoms with van der Waals surface area (Å²) < 4.78 is 0. The largest absolute Gasteiger partial charge is 0.339 e. The van der Waals surface area contributed by atoms with Gasteiger partial charge < -0.3 is 10.6 Å². The molecule has 0 aliphatic heterocycles. The molecule has 0 aliphatic carbocycles. The predicted molar refractivity (Wildman–Crippen MR) is 105 cm³/mol. The van der Waals surface area contributed by atoms with Crippen LogP contribution >= 0.6 is 0 Å². The number of hydrogen-bond acceptors (Lipinski definition) is 5. The van der Waals surface area contributed by atoms with Crippen LogP contribution in [0.25, 0.3) is 0 Å². The van der Waals surface area contributed by atoms with Crippen LogP contribution < -0.4 is 10.6 Å². The van der Waals surface area contributed by atoms with Gasteiger partial charge in [0.15, 0.2) is 0 Å². The van der Waals surface area contributed by atoms with Crippen LogP contribution in [-0.4, -0.2) is 15.9 Å². The molecule has 0 fully saturated rings. The fraction of sp³-hybridized carbons (Fsp3) is 0.143. The Morgan fingerprint density at radius 3 is 2.63 bits per heavy atom. The number of amides is 1. The van der Waals surface area contributed by atoms with Gasteiger partial charge in [-0.15, -0.1) is 0 Å². The molecule has 0 aliphatic rings. The minimum absolute atomic E-state index is 0.175. The molecule has 6 nitrogen and oxygen atoms in total. The molecule has 134 valence electrons. The van der Waals surface area contributed by atoms with Crippen molar-refractivity contribution in [1.82, 2.24) is 9.97 Å². The van der Waals surface area contributed by atoms with E-state index in [-0.39, 0.29) is 5.69 Å². The molecular formula is C21H19N5O. The minimum atomic E-state index is -0.415. The molecule has 0 unspecified atom stereocenters. The Kier molecular flexibility index (Phi) is 5.43. The van der Waals surface area contributed by atoms with Crippen molar-refractivity contribution in [3.63, 3.8) is 0 Å². The normalized spacial score (nSPS) is 10.1. The van der Waals surface area contributed by atoms with E-state index < -0.39 is 5.91 Å². The number of nitrogens with zero attached hydrogens (tertiary/aromatic N) is 3. The van der Waals surface area contributed by atoms with Gasteiger partial charge in [-0.2, -0.15) is 5.26 Å². The van der Waals surface area contributed by atoms with E-state index in [1.807, 2.05) is 25.1 Å². The molecule has 0 saturated carbocycles. The van der Waals surface area contributed by atoms with E-state index in [4.69, 9.17) is 5.26 Å². The van der Waals surface area contributed by atoms with E-state index in [9.17, 15) is 4.79 Å². The van der Waals surface area contributed by atoms with Crippen molar-refractivity contribution in [1.29, 1.82) is 5.26 Å². The van der Waals surface area contributed by atoms with Gasteiger partial charge in [-0.1, -0.05) is 37.3 Å². The Bertz CT molecular complexity index is 1010. The first kappa shape index (κ1) is 18.1. The predicted octanol–water partition coefficient (Wildman–Crippen LogP) is 4.22. The molecule has 0 bridgehead atoms. The molecule has 3 aromatic rings. The molecule has 2 N–H and O–H groups in total. The van der Waals surface area contributed by atoms with E-state index >= 15 is 0 Å². The lowest BCUT2D eigenvalue weighted by molar-refractivity contribution is 0.102. The summed E-state index contributed by atoms with van der Waals surface area (Å²) in [6.45, 7) is 4.13. The van der Waals surface area contributed by atoms with Crippen LogP contribution in [0.5, 0.6) is 0 Å². The zero-order valence-electron chi connectivity index (χ0n) is 15.2. The lowest BCUT2D eigenvalue weighted by Crippen LogP contribution is -2.15. The molecule has 0 radical (unpaired) electrons. The van der Waals surface area contributed by atoms with Crippen LogP contribution in [0.15, 0.2) is 54.9 Å². The third-order valence-electron chi connectivity index (χ3n) is 4.17. The van der Waals surface area contributed by atoms with Crippen molar-refractivity contribution in [2.75, 3.05) is 10.6 Å². The molecule has 1 amide bonds. The highest BCUT2D eigenvalue weighted by Crippen LogP contribution is 2.24. The SMILES string of the molecule is CCc1cccc(C)c1Nc1cnc(C(=O)Nc2ccccc2C#N)cn1. The van der Waals surface area contributed by atoms with Crippen molar-refractivity contribution in [2.24, 2.45) is 0 Å². The summed E-state index contributed by atoms with van der Waals surface area (Å²) in [5, 5.41) is 15.1. The summed E-state index contributed by atoms with van der Waals surface area (Å²) in [7, 11) is 0. The minimum Gasteiger partial charge on any atom is -0.339 e. The topological polar surface area (TPSA) is 90.7 Å². The molecule has 3 rings (SSSR count). The van der Waals surface area contributed by atoms with Crippen LogP contribution in [0.3, 0.4) is 0 Å². The molecule has 1 aromatic heterocycles. The van der Waals surface area contributed by atoms with E-state index in [1.165, 1.54) is 18.0 Å². The first-order valence-corrected chi connectivity index (χ1v) is 8.60. The molecule has 1 heterocycles. The highest BCUT2D eigenvalue weighted by molar-refractivity contribution is 6.03. The van der Waals surface area contributed by atoms with Crippen molar-refractivity contribution in [3.8, 4) is 6.07 Å². The van der Waals surface area contributed by atoms with E-state index in [2.05, 4.69) is 33.6 Å². The van der Waals surface area contributed by atoms with Gasteiger partial charge in [0, 0.05) is 5.69 Å². The van der Waals surface area contributed by atoms with E-state index in [0.717, 1.165) is 17.7 Å². The van der Waals surface area contributed by atoms with Gasteiger partial charge in [-0.3, -0.25) is 4.79 Å². The summed E-state index contributed by atoms with van der Waals surface area (Å²) in [6, 6.07) is 15.0. The molecular weight excluding hydrogens is 338 g/mol. The Hall–Kier alpha value is -3.72. The standard InChI is InChI=1S/C21H19N5O/c1-3-15-9-6-7-14(2)20(15)26-19-13-23-18(12-24-19)21(27)25-17-10-5-4-8-16(17)11-22/h4-10,12-13H,3H2,1-2H3,(H,24,26)(H,25,27). The maximum atomic E-state index is 12.4. The molecule has 0 atom stereocenters. The highest BCUT2D eigenvalue weighted by atomic mass is 16.1. The van der Waals surface area contributed by atoms with Gasteiger partial charge in [0.1, 0.15) is 17.6 Å². The third kappa shape index (κ3) is 4.10. The fourth-order valence-corrected chi connectivity index (χ4v) is 2.72. The zero-order valence-corrected chi connectivity index (χ0v) is 15.2. The number of nitriles is 1. The number of hydrogen-bond donors (Lipinski definition) is 2. The van der Waals surface area contributed by atoms with Gasteiger partial charge in [0.25, 0.3) is 5.91 Å². The number of carbonyl (C=O) groups excluding carboxylic acids is 1. The Labute approximate surface area is 157 Å². The summed E-state index contributed by atoms with van der Waals surface area (Å²) in [5.74, 6) is 0.148. The summed E-state index contributed by atoms with van der Waals surface area (Å²) in [5.41, 5.74) is 4.33. The number of aryl methyl sites for hydroxylation is 2. The summed E-state index contributed by atoms with van der Waals surface area (Å²) >= 11 is 0. The smallest absolute Gasteiger partial charge is 0.275 e. The van der Waals surface area contributed by atoms with Gasteiger partial charge in [-0.05, 0) is 36.6 Å². The third-order valence-corrected chi connectivity index (χ3v) is 4.17. The first-order chi connectivity index (χ1) is 13.1. The second-order valence-electron chi connectivity index (χ2n) is 5.99. The number of benzene rings is 2. The quantitative estimate of drug-likeness (QED) is 0.713. The average Bonchev–Trinajstić information content (AvgIpc) is 2.70. The number of carbonyl (C=O) groups is 1. The van der Waals surface area contributed by atoms with Crippen molar-refractivity contribution in [3.05, 3.63) is 77.2 Å². The highest BCUT2D eigenvalue weighted by Gasteiger charge is 2.12. The zero-order chi connectivity index (χ0) is 19.2. The average molecular weight is 357 g/mol. The van der Waals surface area contributed by atoms with Crippen molar-refractivity contribution in [2.45, 2.75) is 20.3 Å². The number of para-hydroxylation sites is 2. The van der Waals surface area contributed by atoms with Gasteiger partial charge in [0.05, 0.1) is 23.6 Å². The molecule has 0 saturated heterocycles. The lowest BCUT2D eigenvalue weighted by atomic mass is 10.1. The Morgan fingerprint density at radius 2 is 1.93 bits per heavy atom. The number of anilines is 3. The van der Waals surface area contributed by atoms with Gasteiger partial charge >= 0.3 is 0 Å². The molecule has 2 aromatic carbocycles. The van der Waals surface area contributed by atoms with Crippen LogP contribution in [0.4, 0.5) is 17.2 Å². The summed E-state index contributed by atoms with van der Waals surface area (Å²) in [6.07, 6.45) is 3.84. The van der Waals surface area contributed by atoms with Crippen LogP contribution in [0.1, 0.15) is 34.1 Å². The monoisotopic (exact) mass is 357 g/mol. The number of rotatable bonds is 5. The Morgan fingerprint density at radius 1 is 1.11 bits per heavy atom. The van der Waals surface area contributed by atoms with Crippen LogP contribution in [0.2, 0.25) is 0 Å². The molecule has 0 spiro atoms. The Balaban J connectivity index is 1.76. The first-order valence-electron chi connectivity index (χ1n) is 8.60. The van der Waals surface area contributed by atoms with Gasteiger partial charge in [0.2, 0.25) is 0 Å². The van der Waals surface area contributed by atoms with E-state index in [0.29, 0.717) is 17.1 Å². The van der Waals surface area contributed by atoms with E-state index in [1.54, 1.807) is 24.3 Å². The molecule has 6 heteroatoms. The number of aromatic nitrogens is 2. The maximum Gasteiger partial charge on any atom is 0.275 e. The van der Waals surface area contributed by atoms with Gasteiger partial charge in [-0.25, -0.2) is 9.97 Å². The van der Waals surface area contributed by atoms with Crippen molar-refractivity contribution >= 4 is 23.1 Å². The second-order valence-corrected chi connectivity index (χ2v) is 5.99. The second kappa shape index (κ2) is 8.11. The fourth-order valence-electron chi connectivity index (χ4n) is 2.72. The summed E-state index contributed by atoms with van der Waals surface area (Å²) in [4.78, 5) is 20.9. The van der Waals surface area contributed by atoms with Crippen molar-refractivity contribution < 1.29 is 4.79 Å².